The molecule has 114 valence electrons. The summed E-state index contributed by atoms with van der Waals surface area (Å²) in [5.74, 6) is 4.42. The van der Waals surface area contributed by atoms with Crippen molar-refractivity contribution in [2.45, 2.75) is 51.0 Å². The van der Waals surface area contributed by atoms with Crippen LogP contribution in [0, 0.1) is 11.8 Å². The molecule has 3 aliphatic rings. The van der Waals surface area contributed by atoms with E-state index in [0.717, 1.165) is 31.5 Å². The molecule has 0 bridgehead atoms. The molecule has 20 heavy (non-hydrogen) atoms. The third-order valence-electron chi connectivity index (χ3n) is 5.36. The van der Waals surface area contributed by atoms with Crippen molar-refractivity contribution in [2.75, 3.05) is 31.1 Å². The number of carbonyl (C=O) groups excluding carboxylic acids is 1. The van der Waals surface area contributed by atoms with Crippen molar-refractivity contribution in [2.24, 2.45) is 11.8 Å². The number of carbonyl (C=O) groups is 1. The molecule has 1 N–H and O–H groups in total. The van der Waals surface area contributed by atoms with E-state index >= 15 is 0 Å². The highest BCUT2D eigenvalue weighted by molar-refractivity contribution is 7.99. The average molecular weight is 296 g/mol. The van der Waals surface area contributed by atoms with Crippen LogP contribution in [0.25, 0.3) is 0 Å². The molecule has 3 rings (SSSR count). The monoisotopic (exact) mass is 296 g/mol. The largest absolute Gasteiger partial charge is 0.343 e. The van der Waals surface area contributed by atoms with Gasteiger partial charge in [0.05, 0.1) is 0 Å². The van der Waals surface area contributed by atoms with E-state index in [9.17, 15) is 4.79 Å². The van der Waals surface area contributed by atoms with E-state index in [4.69, 9.17) is 0 Å². The number of piperidine rings is 1. The Morgan fingerprint density at radius 3 is 2.50 bits per heavy atom. The number of hydrogen-bond acceptors (Lipinski definition) is 3. The van der Waals surface area contributed by atoms with E-state index in [1.165, 1.54) is 56.6 Å². The van der Waals surface area contributed by atoms with Crippen LogP contribution in [0.1, 0.15) is 44.9 Å². The second kappa shape index (κ2) is 7.17. The average Bonchev–Trinajstić information content (AvgIpc) is 3.03. The summed E-state index contributed by atoms with van der Waals surface area (Å²) in [5.41, 5.74) is 0. The Balaban J connectivity index is 1.41. The fourth-order valence-electron chi connectivity index (χ4n) is 3.99. The van der Waals surface area contributed by atoms with Crippen LogP contribution in [-0.4, -0.2) is 48.0 Å². The van der Waals surface area contributed by atoms with Crippen molar-refractivity contribution < 1.29 is 4.79 Å². The summed E-state index contributed by atoms with van der Waals surface area (Å²) in [4.78, 5) is 14.5. The second-order valence-corrected chi connectivity index (χ2v) is 7.91. The van der Waals surface area contributed by atoms with Crippen LogP contribution in [0.5, 0.6) is 0 Å². The lowest BCUT2D eigenvalue weighted by Gasteiger charge is -2.35. The zero-order valence-corrected chi connectivity index (χ0v) is 13.3. The summed E-state index contributed by atoms with van der Waals surface area (Å²) in [6.07, 6.45) is 8.42. The lowest BCUT2D eigenvalue weighted by molar-refractivity contribution is -0.133. The molecule has 1 amide bonds. The number of nitrogens with one attached hydrogen (secondary N) is 1. The highest BCUT2D eigenvalue weighted by atomic mass is 32.2. The Kier molecular flexibility index (Phi) is 5.27. The van der Waals surface area contributed by atoms with Gasteiger partial charge in [0.25, 0.3) is 0 Å². The van der Waals surface area contributed by atoms with Crippen LogP contribution in [-0.2, 0) is 4.79 Å². The third-order valence-corrected chi connectivity index (χ3v) is 6.41. The van der Waals surface area contributed by atoms with Gasteiger partial charge in [-0.3, -0.25) is 4.79 Å². The maximum Gasteiger partial charge on any atom is 0.222 e. The summed E-state index contributed by atoms with van der Waals surface area (Å²) in [6.45, 7) is 3.20. The van der Waals surface area contributed by atoms with E-state index < -0.39 is 0 Å². The molecule has 0 radical (unpaired) electrons. The van der Waals surface area contributed by atoms with Crippen LogP contribution < -0.4 is 5.32 Å². The van der Waals surface area contributed by atoms with Gasteiger partial charge in [0.2, 0.25) is 5.91 Å². The molecule has 0 aliphatic carbocycles. The van der Waals surface area contributed by atoms with Gasteiger partial charge in [-0.15, -0.1) is 0 Å². The fourth-order valence-corrected chi connectivity index (χ4v) is 5.20. The normalized spacial score (nSPS) is 29.8. The number of rotatable bonds is 3. The highest BCUT2D eigenvalue weighted by Gasteiger charge is 2.30. The van der Waals surface area contributed by atoms with E-state index in [1.807, 2.05) is 11.8 Å². The van der Waals surface area contributed by atoms with Crippen LogP contribution in [0.3, 0.4) is 0 Å². The molecule has 3 saturated heterocycles. The molecule has 0 saturated carbocycles. The van der Waals surface area contributed by atoms with Gasteiger partial charge in [-0.2, -0.15) is 11.8 Å². The summed E-state index contributed by atoms with van der Waals surface area (Å²) in [6, 6.07) is 0.739. The Labute approximate surface area is 127 Å². The van der Waals surface area contributed by atoms with Crippen molar-refractivity contribution in [1.29, 1.82) is 0 Å². The van der Waals surface area contributed by atoms with Gasteiger partial charge in [-0.1, -0.05) is 0 Å². The molecule has 3 aliphatic heterocycles. The lowest BCUT2D eigenvalue weighted by Crippen LogP contribution is -2.43. The number of nitrogens with zero attached hydrogens (tertiary/aromatic N) is 1. The SMILES string of the molecule is O=C(CC1CCSCC1)N1CCC(C2CCCN2)CC1. The smallest absolute Gasteiger partial charge is 0.222 e. The van der Waals surface area contributed by atoms with Crippen molar-refractivity contribution in [3.05, 3.63) is 0 Å². The van der Waals surface area contributed by atoms with Gasteiger partial charge in [0, 0.05) is 25.6 Å². The summed E-state index contributed by atoms with van der Waals surface area (Å²) in [5, 5.41) is 3.63. The summed E-state index contributed by atoms with van der Waals surface area (Å²) >= 11 is 2.04. The van der Waals surface area contributed by atoms with Gasteiger partial charge >= 0.3 is 0 Å². The van der Waals surface area contributed by atoms with Gasteiger partial charge in [0.1, 0.15) is 0 Å². The van der Waals surface area contributed by atoms with Gasteiger partial charge in [-0.25, -0.2) is 0 Å². The fraction of sp³-hybridized carbons (Fsp3) is 0.938. The number of thioether (sulfide) groups is 1. The van der Waals surface area contributed by atoms with Gasteiger partial charge in [-0.05, 0) is 68.4 Å². The zero-order valence-electron chi connectivity index (χ0n) is 12.5. The first-order chi connectivity index (χ1) is 9.83. The minimum atomic E-state index is 0.430. The lowest BCUT2D eigenvalue weighted by atomic mass is 9.88. The van der Waals surface area contributed by atoms with Gasteiger partial charge in [0.15, 0.2) is 0 Å². The van der Waals surface area contributed by atoms with Crippen LogP contribution in [0.15, 0.2) is 0 Å². The van der Waals surface area contributed by atoms with Crippen molar-refractivity contribution >= 4 is 17.7 Å². The zero-order chi connectivity index (χ0) is 13.8. The second-order valence-electron chi connectivity index (χ2n) is 6.68. The van der Waals surface area contributed by atoms with Crippen molar-refractivity contribution in [3.63, 3.8) is 0 Å². The first-order valence-electron chi connectivity index (χ1n) is 8.42. The molecule has 3 fully saturated rings. The van der Waals surface area contributed by atoms with E-state index in [-0.39, 0.29) is 0 Å². The van der Waals surface area contributed by atoms with E-state index in [0.29, 0.717) is 11.8 Å². The standard InChI is InChI=1S/C16H28N2OS/c19-16(12-13-5-10-20-11-6-13)18-8-3-14(4-9-18)15-2-1-7-17-15/h13-15,17H,1-12H2. The molecule has 0 aromatic rings. The minimum absolute atomic E-state index is 0.430. The molecule has 3 nitrogen and oxygen atoms in total. The molecule has 1 atom stereocenters. The third kappa shape index (κ3) is 3.70. The molecular weight excluding hydrogens is 268 g/mol. The molecule has 0 aromatic heterocycles. The Morgan fingerprint density at radius 1 is 1.10 bits per heavy atom. The predicted octanol–water partition coefficient (Wildman–Crippen LogP) is 2.51. The van der Waals surface area contributed by atoms with E-state index in [1.54, 1.807) is 0 Å². The molecule has 1 unspecified atom stereocenters. The molecule has 0 aromatic carbocycles. The maximum absolute atomic E-state index is 12.4. The van der Waals surface area contributed by atoms with Gasteiger partial charge < -0.3 is 10.2 Å². The first-order valence-corrected chi connectivity index (χ1v) is 9.57. The van der Waals surface area contributed by atoms with Crippen molar-refractivity contribution in [3.8, 4) is 0 Å². The maximum atomic E-state index is 12.4. The van der Waals surface area contributed by atoms with Crippen LogP contribution >= 0.6 is 11.8 Å². The number of amides is 1. The first kappa shape index (κ1) is 14.7. The summed E-state index contributed by atoms with van der Waals surface area (Å²) < 4.78 is 0. The topological polar surface area (TPSA) is 32.3 Å². The van der Waals surface area contributed by atoms with Crippen LogP contribution in [0.2, 0.25) is 0 Å². The minimum Gasteiger partial charge on any atom is -0.343 e. The Hall–Kier alpha value is -0.220. The van der Waals surface area contributed by atoms with Crippen molar-refractivity contribution in [1.82, 2.24) is 10.2 Å². The molecular formula is C16H28N2OS. The Morgan fingerprint density at radius 2 is 1.85 bits per heavy atom. The highest BCUT2D eigenvalue weighted by Crippen LogP contribution is 2.28. The quantitative estimate of drug-likeness (QED) is 0.868. The van der Waals surface area contributed by atoms with Crippen LogP contribution in [0.4, 0.5) is 0 Å². The molecule has 0 spiro atoms. The van der Waals surface area contributed by atoms with E-state index in [2.05, 4.69) is 10.2 Å². The molecule has 4 heteroatoms. The number of likely N-dealkylation sites (tertiary alicyclic amines) is 1. The summed E-state index contributed by atoms with van der Waals surface area (Å²) in [7, 11) is 0. The predicted molar refractivity (Wildman–Crippen MR) is 85.0 cm³/mol. The number of hydrogen-bond donors (Lipinski definition) is 1. The molecule has 3 heterocycles. The Bertz CT molecular complexity index is 316.